The summed E-state index contributed by atoms with van der Waals surface area (Å²) in [7, 11) is 0. The van der Waals surface area contributed by atoms with Crippen molar-refractivity contribution in [1.82, 2.24) is 4.90 Å². The monoisotopic (exact) mass is 425 g/mol. The van der Waals surface area contributed by atoms with Gasteiger partial charge < -0.3 is 9.84 Å². The lowest BCUT2D eigenvalue weighted by molar-refractivity contribution is -0.154. The van der Waals surface area contributed by atoms with Crippen LogP contribution in [0.1, 0.15) is 34.1 Å². The van der Waals surface area contributed by atoms with Gasteiger partial charge in [-0.25, -0.2) is 0 Å². The fraction of sp³-hybridized carbons (Fsp3) is 0.615. The Bertz CT molecular complexity index is 501. The van der Waals surface area contributed by atoms with Gasteiger partial charge in [0.15, 0.2) is 0 Å². The quantitative estimate of drug-likeness (QED) is 0.659. The summed E-state index contributed by atoms with van der Waals surface area (Å²) >= 11 is 6.14. The highest BCUT2D eigenvalue weighted by Gasteiger charge is 2.45. The standard InChI is InChI=1S/C13H17Br2NO5/c1-12(2,6-21-13(3,4)5-7(17)18)16-10(19)8(14)9(15)11(16)20/h5-6H2,1-4H3,(H,17,18). The Balaban J connectivity index is 2.82. The third-order valence-electron chi connectivity index (χ3n) is 2.97. The topological polar surface area (TPSA) is 83.9 Å². The number of rotatable bonds is 6. The first-order valence-electron chi connectivity index (χ1n) is 6.19. The zero-order valence-corrected chi connectivity index (χ0v) is 15.4. The highest BCUT2D eigenvalue weighted by atomic mass is 79.9. The number of imide groups is 1. The first kappa shape index (κ1) is 18.3. The normalized spacial score (nSPS) is 17.0. The van der Waals surface area contributed by atoms with Crippen LogP contribution in [0.5, 0.6) is 0 Å². The second-order valence-electron chi connectivity index (χ2n) is 6.00. The Hall–Kier alpha value is -0.730. The van der Waals surface area contributed by atoms with Crippen LogP contribution in [0.15, 0.2) is 8.96 Å². The number of hydrogen-bond acceptors (Lipinski definition) is 4. The third kappa shape index (κ3) is 4.14. The molecule has 0 radical (unpaired) electrons. The molecule has 0 aromatic heterocycles. The molecule has 1 rings (SSSR count). The van der Waals surface area contributed by atoms with E-state index in [1.165, 1.54) is 0 Å². The minimum absolute atomic E-state index is 0.0331. The molecule has 2 amide bonds. The fourth-order valence-corrected chi connectivity index (χ4v) is 2.57. The molecule has 0 aliphatic carbocycles. The van der Waals surface area contributed by atoms with Crippen molar-refractivity contribution >= 4 is 49.6 Å². The summed E-state index contributed by atoms with van der Waals surface area (Å²) in [5.41, 5.74) is -1.80. The molecule has 0 saturated heterocycles. The lowest BCUT2D eigenvalue weighted by atomic mass is 10.0. The number of amides is 2. The summed E-state index contributed by atoms with van der Waals surface area (Å²) in [5.74, 6) is -1.87. The van der Waals surface area contributed by atoms with Gasteiger partial charge in [-0.1, -0.05) is 0 Å². The first-order valence-corrected chi connectivity index (χ1v) is 7.77. The molecule has 21 heavy (non-hydrogen) atoms. The maximum absolute atomic E-state index is 12.1. The average molecular weight is 427 g/mol. The molecule has 0 fully saturated rings. The molecule has 0 atom stereocenters. The molecule has 0 aromatic carbocycles. The molecule has 0 unspecified atom stereocenters. The third-order valence-corrected chi connectivity index (χ3v) is 4.98. The van der Waals surface area contributed by atoms with E-state index in [9.17, 15) is 14.4 Å². The van der Waals surface area contributed by atoms with Gasteiger partial charge in [0.1, 0.15) is 8.96 Å². The molecule has 1 aliphatic heterocycles. The molecule has 0 saturated carbocycles. The lowest BCUT2D eigenvalue weighted by Crippen LogP contribution is -2.52. The van der Waals surface area contributed by atoms with Crippen molar-refractivity contribution in [2.24, 2.45) is 0 Å². The van der Waals surface area contributed by atoms with Crippen molar-refractivity contribution in [3.8, 4) is 0 Å². The van der Waals surface area contributed by atoms with E-state index in [1.54, 1.807) is 27.7 Å². The molecule has 1 N–H and O–H groups in total. The zero-order chi connectivity index (χ0) is 16.6. The minimum atomic E-state index is -0.974. The van der Waals surface area contributed by atoms with Gasteiger partial charge in [-0.2, -0.15) is 0 Å². The smallest absolute Gasteiger partial charge is 0.306 e. The molecule has 0 aromatic rings. The van der Waals surface area contributed by atoms with Crippen molar-refractivity contribution in [2.45, 2.75) is 45.3 Å². The van der Waals surface area contributed by atoms with Gasteiger partial charge in [0, 0.05) is 0 Å². The highest BCUT2D eigenvalue weighted by molar-refractivity contribution is 9.14. The molecule has 118 valence electrons. The fourth-order valence-electron chi connectivity index (χ4n) is 1.88. The van der Waals surface area contributed by atoms with E-state index in [-0.39, 0.29) is 22.0 Å². The van der Waals surface area contributed by atoms with E-state index in [0.717, 1.165) is 4.90 Å². The van der Waals surface area contributed by atoms with Crippen LogP contribution in [0.25, 0.3) is 0 Å². The summed E-state index contributed by atoms with van der Waals surface area (Å²) in [6.45, 7) is 6.70. The van der Waals surface area contributed by atoms with E-state index < -0.39 is 28.9 Å². The van der Waals surface area contributed by atoms with E-state index in [2.05, 4.69) is 31.9 Å². The number of ether oxygens (including phenoxy) is 1. The number of carboxylic acids is 1. The molecule has 1 heterocycles. The highest BCUT2D eigenvalue weighted by Crippen LogP contribution is 2.34. The average Bonchev–Trinajstić information content (AvgIpc) is 2.50. The Morgan fingerprint density at radius 3 is 1.95 bits per heavy atom. The van der Waals surface area contributed by atoms with E-state index >= 15 is 0 Å². The Labute approximate surface area is 139 Å². The summed E-state index contributed by atoms with van der Waals surface area (Å²) in [6, 6.07) is 0. The van der Waals surface area contributed by atoms with E-state index in [1.807, 2.05) is 0 Å². The van der Waals surface area contributed by atoms with Crippen LogP contribution in [0.4, 0.5) is 0 Å². The molecule has 8 heteroatoms. The Morgan fingerprint density at radius 2 is 1.57 bits per heavy atom. The summed E-state index contributed by atoms with van der Waals surface area (Å²) in [6.07, 6.45) is -0.170. The van der Waals surface area contributed by atoms with E-state index in [4.69, 9.17) is 9.84 Å². The summed E-state index contributed by atoms with van der Waals surface area (Å²) < 4.78 is 5.95. The second kappa shape index (κ2) is 6.18. The maximum Gasteiger partial charge on any atom is 0.306 e. The number of carbonyl (C=O) groups is 3. The van der Waals surface area contributed by atoms with E-state index in [0.29, 0.717) is 0 Å². The predicted octanol–water partition coefficient (Wildman–Crippen LogP) is 2.41. The largest absolute Gasteiger partial charge is 0.481 e. The molecule has 6 nitrogen and oxygen atoms in total. The van der Waals surface area contributed by atoms with Crippen molar-refractivity contribution < 1.29 is 24.2 Å². The summed E-state index contributed by atoms with van der Waals surface area (Å²) in [4.78, 5) is 36.1. The molecule has 1 aliphatic rings. The lowest BCUT2D eigenvalue weighted by Gasteiger charge is -2.36. The predicted molar refractivity (Wildman–Crippen MR) is 83.1 cm³/mol. The number of hydrogen-bond donors (Lipinski definition) is 1. The van der Waals surface area contributed by atoms with Crippen LogP contribution in [0, 0.1) is 0 Å². The number of nitrogens with zero attached hydrogens (tertiary/aromatic N) is 1. The molecular formula is C13H17Br2NO5. The van der Waals surface area contributed by atoms with Crippen LogP contribution in [0.2, 0.25) is 0 Å². The maximum atomic E-state index is 12.1. The molecule has 0 spiro atoms. The number of carbonyl (C=O) groups excluding carboxylic acids is 2. The Morgan fingerprint density at radius 1 is 1.14 bits per heavy atom. The van der Waals surface area contributed by atoms with Gasteiger partial charge in [-0.15, -0.1) is 0 Å². The van der Waals surface area contributed by atoms with Crippen molar-refractivity contribution in [2.75, 3.05) is 6.61 Å². The van der Waals surface area contributed by atoms with Gasteiger partial charge in [-0.05, 0) is 59.6 Å². The van der Waals surface area contributed by atoms with Crippen LogP contribution < -0.4 is 0 Å². The van der Waals surface area contributed by atoms with Crippen molar-refractivity contribution in [3.05, 3.63) is 8.96 Å². The SMILES string of the molecule is CC(C)(CC(=O)O)OCC(C)(C)N1C(=O)C(Br)=C(Br)C1=O. The number of halogens is 2. The van der Waals surface area contributed by atoms with Gasteiger partial charge in [0.25, 0.3) is 11.8 Å². The zero-order valence-electron chi connectivity index (χ0n) is 12.2. The Kier molecular flexibility index (Phi) is 5.39. The first-order chi connectivity index (χ1) is 9.39. The van der Waals surface area contributed by atoms with Crippen LogP contribution in [-0.2, 0) is 19.1 Å². The second-order valence-corrected chi connectivity index (χ2v) is 7.59. The molecular weight excluding hydrogens is 410 g/mol. The van der Waals surface area contributed by atoms with Crippen molar-refractivity contribution in [1.29, 1.82) is 0 Å². The number of carboxylic acid groups (broad SMARTS) is 1. The molecule has 0 bridgehead atoms. The van der Waals surface area contributed by atoms with Gasteiger partial charge in [0.2, 0.25) is 0 Å². The summed E-state index contributed by atoms with van der Waals surface area (Å²) in [5, 5.41) is 8.83. The van der Waals surface area contributed by atoms with Gasteiger partial charge in [0.05, 0.1) is 24.2 Å². The van der Waals surface area contributed by atoms with Gasteiger partial charge >= 0.3 is 5.97 Å². The number of aliphatic carboxylic acids is 1. The minimum Gasteiger partial charge on any atom is -0.481 e. The van der Waals surface area contributed by atoms with Crippen molar-refractivity contribution in [3.63, 3.8) is 0 Å². The van der Waals surface area contributed by atoms with Crippen LogP contribution in [-0.4, -0.2) is 45.5 Å². The van der Waals surface area contributed by atoms with Crippen LogP contribution >= 0.6 is 31.9 Å². The van der Waals surface area contributed by atoms with Crippen LogP contribution in [0.3, 0.4) is 0 Å². The van der Waals surface area contributed by atoms with Gasteiger partial charge in [-0.3, -0.25) is 19.3 Å².